The third kappa shape index (κ3) is 3.70. The molecule has 1 aliphatic heterocycles. The Morgan fingerprint density at radius 1 is 0.938 bits per heavy atom. The first kappa shape index (κ1) is 23.9. The minimum absolute atomic E-state index is 0.0507. The van der Waals surface area contributed by atoms with E-state index in [1.165, 1.54) is 0 Å². The van der Waals surface area contributed by atoms with Gasteiger partial charge in [0.05, 0.1) is 27.7 Å². The van der Waals surface area contributed by atoms with Crippen molar-refractivity contribution >= 4 is 9.84 Å². The number of aliphatic hydroxyl groups is 2. The summed E-state index contributed by atoms with van der Waals surface area (Å²) in [6, 6.07) is 1.16. The van der Waals surface area contributed by atoms with E-state index in [0.29, 0.717) is 6.07 Å². The van der Waals surface area contributed by atoms with Crippen LogP contribution in [0.5, 0.6) is 0 Å². The summed E-state index contributed by atoms with van der Waals surface area (Å²) in [5, 5.41) is 27.1. The van der Waals surface area contributed by atoms with E-state index in [1.807, 2.05) is 0 Å². The molecule has 2 aromatic carbocycles. The molecule has 2 aromatic rings. The number of alkyl halides is 6. The van der Waals surface area contributed by atoms with Crippen molar-refractivity contribution in [3.63, 3.8) is 0 Å². The van der Waals surface area contributed by atoms with E-state index in [0.717, 1.165) is 6.07 Å². The lowest BCUT2D eigenvalue weighted by atomic mass is 9.92. The maximum absolute atomic E-state index is 13.5. The first-order valence-electron chi connectivity index (χ1n) is 8.33. The summed E-state index contributed by atoms with van der Waals surface area (Å²) in [6.07, 6.45) is -16.0. The van der Waals surface area contributed by atoms with Crippen molar-refractivity contribution in [2.45, 2.75) is 34.7 Å². The highest BCUT2D eigenvalue weighted by Crippen LogP contribution is 2.47. The number of halogens is 8. The predicted octanol–water partition coefficient (Wildman–Crippen LogP) is 3.80. The number of fused-ring (bicyclic) bond motifs is 1. The van der Waals surface area contributed by atoms with Crippen LogP contribution >= 0.6 is 0 Å². The van der Waals surface area contributed by atoms with Crippen molar-refractivity contribution in [1.29, 1.82) is 5.26 Å². The maximum atomic E-state index is 13.5. The summed E-state index contributed by atoms with van der Waals surface area (Å²) in [4.78, 5) is -0.978. The number of nitrogens with zero attached hydrogens (tertiary/aromatic N) is 1. The minimum Gasteiger partial charge on any atom is -0.387 e. The van der Waals surface area contributed by atoms with Gasteiger partial charge in [-0.25, -0.2) is 17.2 Å². The Morgan fingerprint density at radius 3 is 1.84 bits per heavy atom. The van der Waals surface area contributed by atoms with Gasteiger partial charge in [0.2, 0.25) is 0 Å². The Balaban J connectivity index is 2.24. The molecular weight excluding hydrogens is 478 g/mol. The van der Waals surface area contributed by atoms with Gasteiger partial charge in [0.25, 0.3) is 0 Å². The number of hydrogen-bond donors (Lipinski definition) is 2. The van der Waals surface area contributed by atoms with Crippen LogP contribution in [0.1, 0.15) is 40.0 Å². The Hall–Kier alpha value is -2.76. The Morgan fingerprint density at radius 2 is 1.41 bits per heavy atom. The maximum Gasteiger partial charge on any atom is 0.417 e. The van der Waals surface area contributed by atoms with E-state index >= 15 is 0 Å². The fourth-order valence-electron chi connectivity index (χ4n) is 3.45. The number of nitriles is 1. The summed E-state index contributed by atoms with van der Waals surface area (Å²) in [5.74, 6) is -3.23. The average molecular weight is 487 g/mol. The molecule has 0 amide bonds. The SMILES string of the molecule is N#Cc1c(C(F)(F)F)cc(C(O)C2C(O)c3cc(F)c(F)cc3S2(=O)=O)cc1C(F)(F)F. The second-order valence-corrected chi connectivity index (χ2v) is 8.88. The van der Waals surface area contributed by atoms with Crippen LogP contribution in [0.25, 0.3) is 0 Å². The first-order valence-corrected chi connectivity index (χ1v) is 9.87. The molecule has 3 rings (SSSR count). The molecule has 0 saturated heterocycles. The van der Waals surface area contributed by atoms with Crippen LogP contribution in [0.4, 0.5) is 35.1 Å². The number of aliphatic hydroxyl groups excluding tert-OH is 2. The smallest absolute Gasteiger partial charge is 0.387 e. The Bertz CT molecular complexity index is 1210. The molecule has 172 valence electrons. The van der Waals surface area contributed by atoms with Crippen LogP contribution in [0.2, 0.25) is 0 Å². The van der Waals surface area contributed by atoms with Gasteiger partial charge in [0, 0.05) is 5.56 Å². The van der Waals surface area contributed by atoms with Crippen molar-refractivity contribution in [3.05, 3.63) is 63.7 Å². The monoisotopic (exact) mass is 487 g/mol. The van der Waals surface area contributed by atoms with Gasteiger partial charge in [-0.15, -0.1) is 0 Å². The van der Waals surface area contributed by atoms with Crippen LogP contribution in [-0.4, -0.2) is 23.9 Å². The zero-order chi connectivity index (χ0) is 24.4. The summed E-state index contributed by atoms with van der Waals surface area (Å²) < 4.78 is 132. The molecule has 0 radical (unpaired) electrons. The second-order valence-electron chi connectivity index (χ2n) is 6.80. The lowest BCUT2D eigenvalue weighted by Crippen LogP contribution is -2.29. The third-order valence-electron chi connectivity index (χ3n) is 4.88. The second kappa shape index (κ2) is 7.39. The standard InChI is InChI=1S/C18H9F8NO4S/c19-11-3-7-13(4-12(11)20)32(30,31)16(15(7)29)14(28)6-1-9(17(21,22)23)8(5-27)10(2-6)18(24,25)26/h1-4,14-16,28-29H. The fourth-order valence-corrected chi connectivity index (χ4v) is 5.50. The molecule has 0 aromatic heterocycles. The Kier molecular flexibility index (Phi) is 5.52. The molecule has 1 aliphatic rings. The summed E-state index contributed by atoms with van der Waals surface area (Å²) in [7, 11) is -4.93. The van der Waals surface area contributed by atoms with Crippen LogP contribution in [0.3, 0.4) is 0 Å². The topological polar surface area (TPSA) is 98.4 Å². The zero-order valence-corrected chi connectivity index (χ0v) is 15.9. The fraction of sp³-hybridized carbons (Fsp3) is 0.278. The molecule has 32 heavy (non-hydrogen) atoms. The van der Waals surface area contributed by atoms with Crippen molar-refractivity contribution in [2.24, 2.45) is 0 Å². The molecule has 0 saturated carbocycles. The molecule has 5 nitrogen and oxygen atoms in total. The lowest BCUT2D eigenvalue weighted by molar-refractivity contribution is -0.143. The molecular formula is C18H9F8NO4S. The molecule has 3 unspecified atom stereocenters. The Labute approximate surface area is 174 Å². The van der Waals surface area contributed by atoms with Crippen LogP contribution in [-0.2, 0) is 22.2 Å². The highest BCUT2D eigenvalue weighted by Gasteiger charge is 2.50. The molecule has 1 heterocycles. The van der Waals surface area contributed by atoms with Gasteiger partial charge in [0.1, 0.15) is 17.4 Å². The van der Waals surface area contributed by atoms with E-state index in [9.17, 15) is 53.8 Å². The molecule has 2 N–H and O–H groups in total. The summed E-state index contributed by atoms with van der Waals surface area (Å²) in [5.41, 5.74) is -7.95. The predicted molar refractivity (Wildman–Crippen MR) is 88.4 cm³/mol. The van der Waals surface area contributed by atoms with Crippen LogP contribution < -0.4 is 0 Å². The number of benzene rings is 2. The van der Waals surface area contributed by atoms with Gasteiger partial charge in [-0.3, -0.25) is 0 Å². The highest BCUT2D eigenvalue weighted by atomic mass is 32.2. The van der Waals surface area contributed by atoms with E-state index in [4.69, 9.17) is 5.26 Å². The normalized spacial score (nSPS) is 21.2. The zero-order valence-electron chi connectivity index (χ0n) is 15.1. The van der Waals surface area contributed by atoms with E-state index in [1.54, 1.807) is 0 Å². The molecule has 0 spiro atoms. The van der Waals surface area contributed by atoms with Gasteiger partial charge in [0.15, 0.2) is 21.5 Å². The van der Waals surface area contributed by atoms with Crippen LogP contribution in [0, 0.1) is 23.0 Å². The largest absolute Gasteiger partial charge is 0.417 e. The van der Waals surface area contributed by atoms with Gasteiger partial charge in [-0.2, -0.15) is 31.6 Å². The van der Waals surface area contributed by atoms with Gasteiger partial charge in [-0.1, -0.05) is 0 Å². The van der Waals surface area contributed by atoms with Crippen molar-refractivity contribution in [2.75, 3.05) is 0 Å². The summed E-state index contributed by atoms with van der Waals surface area (Å²) in [6.45, 7) is 0. The average Bonchev–Trinajstić information content (AvgIpc) is 2.84. The van der Waals surface area contributed by atoms with E-state index in [2.05, 4.69) is 0 Å². The third-order valence-corrected chi connectivity index (χ3v) is 7.08. The number of hydrogen-bond acceptors (Lipinski definition) is 5. The molecule has 14 heteroatoms. The van der Waals surface area contributed by atoms with Crippen LogP contribution in [0.15, 0.2) is 29.2 Å². The number of sulfone groups is 1. The first-order chi connectivity index (χ1) is 14.5. The van der Waals surface area contributed by atoms with E-state index in [-0.39, 0.29) is 18.2 Å². The van der Waals surface area contributed by atoms with Crippen molar-refractivity contribution in [1.82, 2.24) is 0 Å². The highest BCUT2D eigenvalue weighted by molar-refractivity contribution is 7.92. The molecule has 0 bridgehead atoms. The van der Waals surface area contributed by atoms with Gasteiger partial charge < -0.3 is 10.2 Å². The molecule has 0 fully saturated rings. The molecule has 0 aliphatic carbocycles. The van der Waals surface area contributed by atoms with Gasteiger partial charge in [-0.05, 0) is 29.8 Å². The minimum atomic E-state index is -5.50. The van der Waals surface area contributed by atoms with E-state index < -0.39 is 84.0 Å². The molecule has 3 atom stereocenters. The van der Waals surface area contributed by atoms with Gasteiger partial charge >= 0.3 is 12.4 Å². The number of rotatable bonds is 2. The van der Waals surface area contributed by atoms with Crippen molar-refractivity contribution in [3.8, 4) is 6.07 Å². The van der Waals surface area contributed by atoms with Crippen molar-refractivity contribution < 1.29 is 53.8 Å². The quantitative estimate of drug-likeness (QED) is 0.496. The lowest BCUT2D eigenvalue weighted by Gasteiger charge is -2.24. The summed E-state index contributed by atoms with van der Waals surface area (Å²) >= 11 is 0.